The Bertz CT molecular complexity index is 598. The summed E-state index contributed by atoms with van der Waals surface area (Å²) in [5.74, 6) is 0. The Hall–Kier alpha value is -1.85. The van der Waals surface area contributed by atoms with Crippen molar-refractivity contribution in [1.29, 1.82) is 0 Å². The third-order valence-corrected chi connectivity index (χ3v) is 4.04. The fourth-order valence-corrected chi connectivity index (χ4v) is 2.83. The third-order valence-electron chi connectivity index (χ3n) is 2.94. The van der Waals surface area contributed by atoms with E-state index in [1.54, 1.807) is 12.1 Å². The summed E-state index contributed by atoms with van der Waals surface area (Å²) in [6.45, 7) is 1.93. The van der Waals surface area contributed by atoms with Crippen LogP contribution in [0.15, 0.2) is 58.3 Å². The van der Waals surface area contributed by atoms with Gasteiger partial charge < -0.3 is 5.11 Å². The molecule has 0 radical (unpaired) electrons. The van der Waals surface area contributed by atoms with E-state index in [0.717, 1.165) is 15.4 Å². The molecule has 0 unspecified atom stereocenters. The van der Waals surface area contributed by atoms with Crippen molar-refractivity contribution in [1.82, 2.24) is 0 Å². The number of rotatable bonds is 5. The topological polar surface area (TPSA) is 63.4 Å². The summed E-state index contributed by atoms with van der Waals surface area (Å²) in [5, 5.41) is 20.6. The van der Waals surface area contributed by atoms with Gasteiger partial charge in [0.1, 0.15) is 0 Å². The zero-order valence-electron chi connectivity index (χ0n) is 11.0. The van der Waals surface area contributed by atoms with Gasteiger partial charge in [0.15, 0.2) is 0 Å². The molecule has 2 rings (SSSR count). The largest absolute Gasteiger partial charge is 0.388 e. The second kappa shape index (κ2) is 6.54. The van der Waals surface area contributed by atoms with E-state index in [1.165, 1.54) is 23.9 Å². The van der Waals surface area contributed by atoms with E-state index >= 15 is 0 Å². The van der Waals surface area contributed by atoms with Gasteiger partial charge in [0.05, 0.1) is 11.0 Å². The van der Waals surface area contributed by atoms with Gasteiger partial charge in [-0.05, 0) is 30.2 Å². The van der Waals surface area contributed by atoms with Crippen LogP contribution < -0.4 is 0 Å². The van der Waals surface area contributed by atoms with E-state index in [2.05, 4.69) is 0 Å². The zero-order chi connectivity index (χ0) is 14.5. The average Bonchev–Trinajstić information content (AvgIpc) is 2.47. The first-order valence-electron chi connectivity index (χ1n) is 6.31. The summed E-state index contributed by atoms with van der Waals surface area (Å²) in [5.41, 5.74) is 0.967. The summed E-state index contributed by atoms with van der Waals surface area (Å²) in [7, 11) is 0. The SMILES string of the molecule is CC[C@H](O)c1ccccc1Sc1ccc([N+](=O)[O-])cc1. The minimum absolute atomic E-state index is 0.0798. The van der Waals surface area contributed by atoms with E-state index in [-0.39, 0.29) is 5.69 Å². The smallest absolute Gasteiger partial charge is 0.269 e. The summed E-state index contributed by atoms with van der Waals surface area (Å²) < 4.78 is 0. The Kier molecular flexibility index (Phi) is 4.76. The molecule has 20 heavy (non-hydrogen) atoms. The molecule has 1 N–H and O–H groups in total. The molecule has 0 aliphatic carbocycles. The van der Waals surface area contributed by atoms with Gasteiger partial charge in [-0.2, -0.15) is 0 Å². The predicted octanol–water partition coefficient (Wildman–Crippen LogP) is 4.19. The van der Waals surface area contributed by atoms with Crippen LogP contribution in [0.2, 0.25) is 0 Å². The maximum absolute atomic E-state index is 10.6. The molecule has 0 saturated carbocycles. The first kappa shape index (κ1) is 14.6. The Labute approximate surface area is 121 Å². The normalized spacial score (nSPS) is 12.1. The molecular formula is C15H15NO3S. The molecule has 0 aliphatic rings. The third kappa shape index (κ3) is 3.37. The summed E-state index contributed by atoms with van der Waals surface area (Å²) in [6, 6.07) is 14.1. The molecule has 0 saturated heterocycles. The monoisotopic (exact) mass is 289 g/mol. The lowest BCUT2D eigenvalue weighted by Gasteiger charge is -2.13. The standard InChI is InChI=1S/C15H15NO3S/c1-2-14(17)13-5-3-4-6-15(13)20-12-9-7-11(8-10-12)16(18)19/h3-10,14,17H,2H2,1H3/t14-/m0/s1. The molecule has 0 heterocycles. The molecular weight excluding hydrogens is 274 g/mol. The minimum atomic E-state index is -0.489. The fraction of sp³-hybridized carbons (Fsp3) is 0.200. The molecule has 0 fully saturated rings. The Balaban J connectivity index is 2.23. The van der Waals surface area contributed by atoms with Crippen LogP contribution >= 0.6 is 11.8 Å². The number of nitrogens with zero attached hydrogens (tertiary/aromatic N) is 1. The van der Waals surface area contributed by atoms with E-state index < -0.39 is 11.0 Å². The molecule has 0 amide bonds. The molecule has 2 aromatic rings. The van der Waals surface area contributed by atoms with Gasteiger partial charge in [-0.15, -0.1) is 0 Å². The lowest BCUT2D eigenvalue weighted by atomic mass is 10.1. The highest BCUT2D eigenvalue weighted by Crippen LogP contribution is 2.34. The highest BCUT2D eigenvalue weighted by atomic mass is 32.2. The number of nitro groups is 1. The lowest BCUT2D eigenvalue weighted by Crippen LogP contribution is -1.97. The molecule has 104 valence electrons. The van der Waals surface area contributed by atoms with Crippen molar-refractivity contribution in [3.8, 4) is 0 Å². The molecule has 0 bridgehead atoms. The van der Waals surface area contributed by atoms with Crippen molar-refractivity contribution in [3.05, 3.63) is 64.2 Å². The first-order valence-corrected chi connectivity index (χ1v) is 7.12. The lowest BCUT2D eigenvalue weighted by molar-refractivity contribution is -0.384. The van der Waals surface area contributed by atoms with Crippen molar-refractivity contribution in [2.75, 3.05) is 0 Å². The van der Waals surface area contributed by atoms with Crippen LogP contribution in [-0.4, -0.2) is 10.0 Å². The first-order chi connectivity index (χ1) is 9.61. The van der Waals surface area contributed by atoms with Crippen molar-refractivity contribution in [2.24, 2.45) is 0 Å². The highest BCUT2D eigenvalue weighted by molar-refractivity contribution is 7.99. The highest BCUT2D eigenvalue weighted by Gasteiger charge is 2.11. The van der Waals surface area contributed by atoms with Gasteiger partial charge in [-0.25, -0.2) is 0 Å². The van der Waals surface area contributed by atoms with Crippen LogP contribution in [0.25, 0.3) is 0 Å². The van der Waals surface area contributed by atoms with Gasteiger partial charge >= 0.3 is 0 Å². The zero-order valence-corrected chi connectivity index (χ0v) is 11.8. The summed E-state index contributed by atoms with van der Waals surface area (Å²) in [4.78, 5) is 12.1. The number of benzene rings is 2. The van der Waals surface area contributed by atoms with E-state index in [0.29, 0.717) is 6.42 Å². The number of hydrogen-bond acceptors (Lipinski definition) is 4. The molecule has 4 nitrogen and oxygen atoms in total. The van der Waals surface area contributed by atoms with Gasteiger partial charge in [0, 0.05) is 21.9 Å². The van der Waals surface area contributed by atoms with Gasteiger partial charge in [0.2, 0.25) is 0 Å². The second-order valence-electron chi connectivity index (χ2n) is 4.31. The van der Waals surface area contributed by atoms with E-state index in [1.807, 2.05) is 31.2 Å². The second-order valence-corrected chi connectivity index (χ2v) is 5.43. The van der Waals surface area contributed by atoms with Crippen molar-refractivity contribution in [2.45, 2.75) is 29.2 Å². The predicted molar refractivity (Wildman–Crippen MR) is 78.9 cm³/mol. The molecule has 2 aromatic carbocycles. The van der Waals surface area contributed by atoms with E-state index in [9.17, 15) is 15.2 Å². The van der Waals surface area contributed by atoms with Gasteiger partial charge in [0.25, 0.3) is 5.69 Å². The number of hydrogen-bond donors (Lipinski definition) is 1. The van der Waals surface area contributed by atoms with Crippen LogP contribution in [0.3, 0.4) is 0 Å². The maximum atomic E-state index is 10.6. The van der Waals surface area contributed by atoms with Crippen molar-refractivity contribution < 1.29 is 10.0 Å². The average molecular weight is 289 g/mol. The number of nitro benzene ring substituents is 1. The van der Waals surface area contributed by atoms with Crippen LogP contribution in [0, 0.1) is 10.1 Å². The summed E-state index contributed by atoms with van der Waals surface area (Å²) >= 11 is 1.50. The maximum Gasteiger partial charge on any atom is 0.269 e. The number of non-ortho nitro benzene ring substituents is 1. The van der Waals surface area contributed by atoms with Gasteiger partial charge in [-0.1, -0.05) is 36.9 Å². The molecule has 1 atom stereocenters. The quantitative estimate of drug-likeness (QED) is 0.662. The van der Waals surface area contributed by atoms with Gasteiger partial charge in [-0.3, -0.25) is 10.1 Å². The number of aliphatic hydroxyl groups is 1. The van der Waals surface area contributed by atoms with Crippen LogP contribution in [0.1, 0.15) is 25.0 Å². The molecule has 0 spiro atoms. The van der Waals surface area contributed by atoms with Crippen LogP contribution in [0.4, 0.5) is 5.69 Å². The molecule has 0 aromatic heterocycles. The summed E-state index contributed by atoms with van der Waals surface area (Å²) in [6.07, 6.45) is 0.162. The van der Waals surface area contributed by atoms with E-state index in [4.69, 9.17) is 0 Å². The van der Waals surface area contributed by atoms with Crippen molar-refractivity contribution >= 4 is 17.4 Å². The van der Waals surface area contributed by atoms with Crippen LogP contribution in [0.5, 0.6) is 0 Å². The van der Waals surface area contributed by atoms with Crippen LogP contribution in [-0.2, 0) is 0 Å². The number of aliphatic hydroxyl groups excluding tert-OH is 1. The fourth-order valence-electron chi connectivity index (χ4n) is 1.83. The molecule has 0 aliphatic heterocycles. The Morgan fingerprint density at radius 2 is 1.85 bits per heavy atom. The Morgan fingerprint density at radius 3 is 2.45 bits per heavy atom. The van der Waals surface area contributed by atoms with Crippen molar-refractivity contribution in [3.63, 3.8) is 0 Å². The minimum Gasteiger partial charge on any atom is -0.388 e. The Morgan fingerprint density at radius 1 is 1.20 bits per heavy atom. The molecule has 5 heteroatoms.